The minimum absolute atomic E-state index is 0.203. The third kappa shape index (κ3) is 5.49. The minimum atomic E-state index is -0.628. The van der Waals surface area contributed by atoms with Gasteiger partial charge in [-0.05, 0) is 44.2 Å². The van der Waals surface area contributed by atoms with Crippen LogP contribution >= 0.6 is 0 Å². The van der Waals surface area contributed by atoms with E-state index >= 15 is 0 Å². The zero-order chi connectivity index (χ0) is 21.5. The number of piperidine rings is 2. The van der Waals surface area contributed by atoms with Crippen LogP contribution in [0.5, 0.6) is 0 Å². The van der Waals surface area contributed by atoms with E-state index in [1.54, 1.807) is 4.90 Å². The molecule has 9 heteroatoms. The number of hydrogen-bond acceptors (Lipinski definition) is 5. The molecule has 2 aliphatic rings. The van der Waals surface area contributed by atoms with Crippen LogP contribution < -0.4 is 11.1 Å². The molecule has 0 saturated carbocycles. The van der Waals surface area contributed by atoms with E-state index in [0.29, 0.717) is 38.9 Å². The molecule has 3 rings (SSSR count). The van der Waals surface area contributed by atoms with Gasteiger partial charge in [0.1, 0.15) is 6.04 Å². The second-order valence-corrected chi connectivity index (χ2v) is 7.67. The predicted molar refractivity (Wildman–Crippen MR) is 109 cm³/mol. The van der Waals surface area contributed by atoms with Crippen molar-refractivity contribution in [3.05, 3.63) is 30.3 Å². The van der Waals surface area contributed by atoms with Crippen LogP contribution in [0.25, 0.3) is 0 Å². The fourth-order valence-electron chi connectivity index (χ4n) is 3.90. The number of amides is 4. The van der Waals surface area contributed by atoms with Crippen molar-refractivity contribution < 1.29 is 23.9 Å². The van der Waals surface area contributed by atoms with Gasteiger partial charge < -0.3 is 25.6 Å². The third-order valence-electron chi connectivity index (χ3n) is 5.63. The Balaban J connectivity index is 1.42. The van der Waals surface area contributed by atoms with Crippen LogP contribution in [0.3, 0.4) is 0 Å². The summed E-state index contributed by atoms with van der Waals surface area (Å²) in [6.45, 7) is 0.917. The summed E-state index contributed by atoms with van der Waals surface area (Å²) in [6.07, 6.45) is 3.13. The van der Waals surface area contributed by atoms with E-state index < -0.39 is 30.4 Å². The monoisotopic (exact) mass is 416 g/mol. The van der Waals surface area contributed by atoms with Gasteiger partial charge in [-0.1, -0.05) is 18.2 Å². The molecular weight excluding hydrogens is 388 g/mol. The number of likely N-dealkylation sites (tertiary alicyclic amines) is 2. The summed E-state index contributed by atoms with van der Waals surface area (Å²) < 4.78 is 5.21. The molecule has 2 saturated heterocycles. The Morgan fingerprint density at radius 1 is 1.00 bits per heavy atom. The molecule has 1 aromatic carbocycles. The standard InChI is InChI=1S/C21H28N4O5/c22-19(27)17-8-4-5-11-25(17)18(26)14-30-20(28)15-9-12-24(13-10-15)21(29)23-16-6-2-1-3-7-16/h1-3,6-7,15,17H,4-5,8-14H2,(H2,22,27)(H,23,29)/t17-/m1/s1. The first-order valence-corrected chi connectivity index (χ1v) is 10.3. The number of rotatable bonds is 5. The summed E-state index contributed by atoms with van der Waals surface area (Å²) in [4.78, 5) is 51.7. The predicted octanol–water partition coefficient (Wildman–Crippen LogP) is 1.34. The Kier molecular flexibility index (Phi) is 7.26. The summed E-state index contributed by atoms with van der Waals surface area (Å²) in [5, 5.41) is 2.83. The molecule has 0 radical (unpaired) electrons. The average Bonchev–Trinajstić information content (AvgIpc) is 2.78. The number of esters is 1. The maximum atomic E-state index is 12.4. The summed E-state index contributed by atoms with van der Waals surface area (Å²) in [5.41, 5.74) is 6.09. The van der Waals surface area contributed by atoms with E-state index in [1.165, 1.54) is 4.90 Å². The van der Waals surface area contributed by atoms with Crippen LogP contribution in [-0.2, 0) is 19.1 Å². The van der Waals surface area contributed by atoms with Gasteiger partial charge in [0.05, 0.1) is 5.92 Å². The van der Waals surface area contributed by atoms with Crippen molar-refractivity contribution in [2.24, 2.45) is 11.7 Å². The lowest BCUT2D eigenvalue weighted by Gasteiger charge is -2.34. The van der Waals surface area contributed by atoms with Crippen molar-refractivity contribution in [1.29, 1.82) is 0 Å². The molecule has 0 aromatic heterocycles. The lowest BCUT2D eigenvalue weighted by Crippen LogP contribution is -2.51. The van der Waals surface area contributed by atoms with Gasteiger partial charge in [-0.25, -0.2) is 4.79 Å². The lowest BCUT2D eigenvalue weighted by molar-refractivity contribution is -0.158. The van der Waals surface area contributed by atoms with Crippen LogP contribution in [0.15, 0.2) is 30.3 Å². The van der Waals surface area contributed by atoms with Crippen LogP contribution in [0.4, 0.5) is 10.5 Å². The maximum Gasteiger partial charge on any atom is 0.321 e. The number of primary amides is 1. The van der Waals surface area contributed by atoms with Crippen LogP contribution in [0.1, 0.15) is 32.1 Å². The number of nitrogens with one attached hydrogen (secondary N) is 1. The first kappa shape index (κ1) is 21.6. The van der Waals surface area contributed by atoms with E-state index in [4.69, 9.17) is 10.5 Å². The van der Waals surface area contributed by atoms with E-state index in [0.717, 1.165) is 18.5 Å². The van der Waals surface area contributed by atoms with E-state index in [2.05, 4.69) is 5.32 Å². The number of ether oxygens (including phenoxy) is 1. The van der Waals surface area contributed by atoms with Gasteiger partial charge in [-0.2, -0.15) is 0 Å². The molecule has 2 heterocycles. The van der Waals surface area contributed by atoms with Gasteiger partial charge in [0.25, 0.3) is 5.91 Å². The van der Waals surface area contributed by atoms with Gasteiger partial charge >= 0.3 is 12.0 Å². The summed E-state index contributed by atoms with van der Waals surface area (Å²) in [5.74, 6) is -1.73. The number of nitrogens with two attached hydrogens (primary N) is 1. The molecular formula is C21H28N4O5. The van der Waals surface area contributed by atoms with E-state index in [-0.39, 0.29) is 11.9 Å². The molecule has 4 amide bonds. The summed E-state index contributed by atoms with van der Waals surface area (Å²) in [7, 11) is 0. The number of para-hydroxylation sites is 1. The zero-order valence-corrected chi connectivity index (χ0v) is 16.9. The first-order valence-electron chi connectivity index (χ1n) is 10.3. The summed E-state index contributed by atoms with van der Waals surface area (Å²) in [6, 6.07) is 8.34. The Hall–Kier alpha value is -3.10. The fraction of sp³-hybridized carbons (Fsp3) is 0.524. The number of benzene rings is 1. The highest BCUT2D eigenvalue weighted by molar-refractivity contribution is 5.90. The minimum Gasteiger partial charge on any atom is -0.455 e. The first-order chi connectivity index (χ1) is 14.5. The Bertz CT molecular complexity index is 777. The maximum absolute atomic E-state index is 12.4. The van der Waals surface area contributed by atoms with Crippen LogP contribution in [0, 0.1) is 5.92 Å². The van der Waals surface area contributed by atoms with Crippen LogP contribution in [-0.4, -0.2) is 65.9 Å². The van der Waals surface area contributed by atoms with Crippen molar-refractivity contribution in [1.82, 2.24) is 9.80 Å². The molecule has 30 heavy (non-hydrogen) atoms. The molecule has 0 spiro atoms. The molecule has 2 aliphatic heterocycles. The molecule has 3 N–H and O–H groups in total. The van der Waals surface area contributed by atoms with Crippen molar-refractivity contribution in [3.63, 3.8) is 0 Å². The fourth-order valence-corrected chi connectivity index (χ4v) is 3.90. The van der Waals surface area contributed by atoms with E-state index in [1.807, 2.05) is 30.3 Å². The normalized spacial score (nSPS) is 19.8. The molecule has 9 nitrogen and oxygen atoms in total. The number of nitrogens with zero attached hydrogens (tertiary/aromatic N) is 2. The second kappa shape index (κ2) is 10.1. The third-order valence-corrected chi connectivity index (χ3v) is 5.63. The van der Waals surface area contributed by atoms with E-state index in [9.17, 15) is 19.2 Å². The van der Waals surface area contributed by atoms with Gasteiger partial charge in [0, 0.05) is 25.3 Å². The molecule has 162 valence electrons. The number of anilines is 1. The number of carbonyl (C=O) groups is 4. The topological polar surface area (TPSA) is 122 Å². The molecule has 1 atom stereocenters. The Morgan fingerprint density at radius 3 is 2.37 bits per heavy atom. The molecule has 0 unspecified atom stereocenters. The summed E-state index contributed by atoms with van der Waals surface area (Å²) >= 11 is 0. The van der Waals surface area contributed by atoms with Gasteiger partial charge in [-0.15, -0.1) is 0 Å². The molecule has 1 aromatic rings. The van der Waals surface area contributed by atoms with Crippen molar-refractivity contribution in [3.8, 4) is 0 Å². The number of hydrogen-bond donors (Lipinski definition) is 2. The highest BCUT2D eigenvalue weighted by atomic mass is 16.5. The lowest BCUT2D eigenvalue weighted by atomic mass is 9.97. The second-order valence-electron chi connectivity index (χ2n) is 7.67. The van der Waals surface area contributed by atoms with Gasteiger partial charge in [0.2, 0.25) is 5.91 Å². The largest absolute Gasteiger partial charge is 0.455 e. The molecule has 0 bridgehead atoms. The van der Waals surface area contributed by atoms with Crippen LogP contribution in [0.2, 0.25) is 0 Å². The highest BCUT2D eigenvalue weighted by Gasteiger charge is 2.32. The number of carbonyl (C=O) groups excluding carboxylic acids is 4. The molecule has 0 aliphatic carbocycles. The molecule has 2 fully saturated rings. The van der Waals surface area contributed by atoms with Crippen molar-refractivity contribution >= 4 is 29.5 Å². The van der Waals surface area contributed by atoms with Crippen molar-refractivity contribution in [2.45, 2.75) is 38.1 Å². The zero-order valence-electron chi connectivity index (χ0n) is 16.9. The highest BCUT2D eigenvalue weighted by Crippen LogP contribution is 2.21. The van der Waals surface area contributed by atoms with Gasteiger partial charge in [-0.3, -0.25) is 14.4 Å². The quantitative estimate of drug-likeness (QED) is 0.702. The van der Waals surface area contributed by atoms with Crippen molar-refractivity contribution in [2.75, 3.05) is 31.6 Å². The number of urea groups is 1. The smallest absolute Gasteiger partial charge is 0.321 e. The average molecular weight is 416 g/mol. The SMILES string of the molecule is NC(=O)[C@H]1CCCCN1C(=O)COC(=O)C1CCN(C(=O)Nc2ccccc2)CC1. The van der Waals surface area contributed by atoms with Gasteiger partial charge in [0.15, 0.2) is 6.61 Å². The Labute approximate surface area is 175 Å². The Morgan fingerprint density at radius 2 is 1.70 bits per heavy atom.